The maximum Gasteiger partial charge on any atom is 0.244 e. The van der Waals surface area contributed by atoms with E-state index in [9.17, 15) is 5.11 Å². The molecule has 0 aliphatic heterocycles. The SMILES string of the molecule is [C-]#[N+]CC(O)c1cc(C)cc(C(C)(C)C)c1. The van der Waals surface area contributed by atoms with Crippen LogP contribution in [-0.4, -0.2) is 11.7 Å². The van der Waals surface area contributed by atoms with E-state index in [1.54, 1.807) is 0 Å². The van der Waals surface area contributed by atoms with E-state index >= 15 is 0 Å². The number of hydrogen-bond acceptors (Lipinski definition) is 1. The molecule has 0 aliphatic rings. The van der Waals surface area contributed by atoms with Crippen LogP contribution in [0.15, 0.2) is 18.2 Å². The summed E-state index contributed by atoms with van der Waals surface area (Å²) in [7, 11) is 0. The molecule has 0 spiro atoms. The first kappa shape index (κ1) is 12.7. The van der Waals surface area contributed by atoms with Gasteiger partial charge in [-0.2, -0.15) is 0 Å². The molecule has 0 aromatic heterocycles. The molecule has 2 heteroatoms. The molecule has 1 unspecified atom stereocenters. The van der Waals surface area contributed by atoms with E-state index in [0.29, 0.717) is 0 Å². The van der Waals surface area contributed by atoms with E-state index in [1.807, 2.05) is 19.1 Å². The largest absolute Gasteiger partial charge is 0.381 e. The maximum absolute atomic E-state index is 9.82. The number of hydrogen-bond donors (Lipinski definition) is 1. The third-order valence-corrected chi connectivity index (χ3v) is 2.61. The fraction of sp³-hybridized carbons (Fsp3) is 0.500. The molecule has 1 rings (SSSR count). The second kappa shape index (κ2) is 4.67. The molecule has 2 nitrogen and oxygen atoms in total. The molecular formula is C14H19NO. The van der Waals surface area contributed by atoms with Crippen LogP contribution < -0.4 is 0 Å². The summed E-state index contributed by atoms with van der Waals surface area (Å²) >= 11 is 0. The van der Waals surface area contributed by atoms with Gasteiger partial charge >= 0.3 is 0 Å². The van der Waals surface area contributed by atoms with Gasteiger partial charge in [-0.25, -0.2) is 6.57 Å². The smallest absolute Gasteiger partial charge is 0.244 e. The monoisotopic (exact) mass is 217 g/mol. The van der Waals surface area contributed by atoms with Crippen molar-refractivity contribution in [3.63, 3.8) is 0 Å². The van der Waals surface area contributed by atoms with E-state index < -0.39 is 6.10 Å². The highest BCUT2D eigenvalue weighted by atomic mass is 16.3. The number of aryl methyl sites for hydroxylation is 1. The predicted octanol–water partition coefficient (Wildman–Crippen LogP) is 3.25. The van der Waals surface area contributed by atoms with E-state index in [-0.39, 0.29) is 12.0 Å². The minimum Gasteiger partial charge on any atom is -0.381 e. The van der Waals surface area contributed by atoms with Crippen molar-refractivity contribution in [3.8, 4) is 0 Å². The lowest BCUT2D eigenvalue weighted by molar-refractivity contribution is 0.195. The van der Waals surface area contributed by atoms with Crippen molar-refractivity contribution in [1.82, 2.24) is 0 Å². The molecule has 1 atom stereocenters. The Labute approximate surface area is 97.7 Å². The summed E-state index contributed by atoms with van der Waals surface area (Å²) in [5.41, 5.74) is 3.25. The topological polar surface area (TPSA) is 24.6 Å². The summed E-state index contributed by atoms with van der Waals surface area (Å²) in [5, 5.41) is 9.82. The standard InChI is InChI=1S/C14H19NO/c1-10-6-11(13(16)9-15-5)8-12(7-10)14(2,3)4/h6-8,13,16H,9H2,1-4H3. The molecule has 16 heavy (non-hydrogen) atoms. The Balaban J connectivity index is 3.14. The van der Waals surface area contributed by atoms with Gasteiger partial charge in [0.1, 0.15) is 0 Å². The van der Waals surface area contributed by atoms with Gasteiger partial charge in [0.15, 0.2) is 6.10 Å². The van der Waals surface area contributed by atoms with Gasteiger partial charge in [-0.3, -0.25) is 0 Å². The number of aliphatic hydroxyl groups excluding tert-OH is 1. The molecule has 0 heterocycles. The molecule has 1 aromatic rings. The van der Waals surface area contributed by atoms with Gasteiger partial charge in [-0.1, -0.05) is 44.5 Å². The number of benzene rings is 1. The van der Waals surface area contributed by atoms with Gasteiger partial charge < -0.3 is 9.95 Å². The maximum atomic E-state index is 9.82. The Morgan fingerprint density at radius 2 is 1.94 bits per heavy atom. The zero-order valence-corrected chi connectivity index (χ0v) is 10.4. The third-order valence-electron chi connectivity index (χ3n) is 2.61. The van der Waals surface area contributed by atoms with Crippen LogP contribution in [0.2, 0.25) is 0 Å². The van der Waals surface area contributed by atoms with Crippen LogP contribution in [0.3, 0.4) is 0 Å². The molecule has 86 valence electrons. The number of aliphatic hydroxyl groups is 1. The molecular weight excluding hydrogens is 198 g/mol. The quantitative estimate of drug-likeness (QED) is 0.756. The highest BCUT2D eigenvalue weighted by Gasteiger charge is 2.17. The van der Waals surface area contributed by atoms with Gasteiger partial charge in [0, 0.05) is 0 Å². The second-order valence-electron chi connectivity index (χ2n) is 5.24. The average molecular weight is 217 g/mol. The van der Waals surface area contributed by atoms with Crippen LogP contribution in [0.25, 0.3) is 4.85 Å². The van der Waals surface area contributed by atoms with Crippen molar-refractivity contribution in [3.05, 3.63) is 46.3 Å². The van der Waals surface area contributed by atoms with E-state index in [2.05, 4.69) is 31.7 Å². The van der Waals surface area contributed by atoms with Gasteiger partial charge in [0.2, 0.25) is 6.54 Å². The van der Waals surface area contributed by atoms with Crippen molar-refractivity contribution in [2.24, 2.45) is 0 Å². The molecule has 0 radical (unpaired) electrons. The first-order chi connectivity index (χ1) is 7.34. The molecule has 1 N–H and O–H groups in total. The second-order valence-corrected chi connectivity index (χ2v) is 5.24. The van der Waals surface area contributed by atoms with Crippen molar-refractivity contribution >= 4 is 0 Å². The van der Waals surface area contributed by atoms with Crippen LogP contribution in [0.5, 0.6) is 0 Å². The number of rotatable bonds is 2. The minimum absolute atomic E-state index is 0.0681. The van der Waals surface area contributed by atoms with E-state index in [1.165, 1.54) is 5.56 Å². The fourth-order valence-corrected chi connectivity index (χ4v) is 1.63. The van der Waals surface area contributed by atoms with E-state index in [4.69, 9.17) is 6.57 Å². The Kier molecular flexibility index (Phi) is 3.72. The third kappa shape index (κ3) is 3.08. The molecule has 0 amide bonds. The summed E-state index contributed by atoms with van der Waals surface area (Å²) in [6.45, 7) is 15.4. The molecule has 0 aliphatic carbocycles. The lowest BCUT2D eigenvalue weighted by atomic mass is 9.84. The Bertz CT molecular complexity index is 410. The predicted molar refractivity (Wildman–Crippen MR) is 66.3 cm³/mol. The Hall–Kier alpha value is -1.33. The van der Waals surface area contributed by atoms with Gasteiger partial charge in [-0.05, 0) is 23.5 Å². The van der Waals surface area contributed by atoms with Crippen LogP contribution in [0, 0.1) is 13.5 Å². The normalized spacial score (nSPS) is 13.2. The molecule has 0 saturated heterocycles. The van der Waals surface area contributed by atoms with Crippen LogP contribution >= 0.6 is 0 Å². The molecule has 0 fully saturated rings. The van der Waals surface area contributed by atoms with Gasteiger partial charge in [-0.15, -0.1) is 0 Å². The van der Waals surface area contributed by atoms with Crippen molar-refractivity contribution < 1.29 is 5.11 Å². The fourth-order valence-electron chi connectivity index (χ4n) is 1.63. The summed E-state index contributed by atoms with van der Waals surface area (Å²) in [5.74, 6) is 0. The summed E-state index contributed by atoms with van der Waals surface area (Å²) < 4.78 is 0. The zero-order chi connectivity index (χ0) is 12.3. The molecule has 0 bridgehead atoms. The van der Waals surface area contributed by atoms with Crippen LogP contribution in [0.4, 0.5) is 0 Å². The van der Waals surface area contributed by atoms with E-state index in [0.717, 1.165) is 11.1 Å². The lowest BCUT2D eigenvalue weighted by Gasteiger charge is -2.21. The zero-order valence-electron chi connectivity index (χ0n) is 10.4. The molecule has 0 saturated carbocycles. The summed E-state index contributed by atoms with van der Waals surface area (Å²) in [4.78, 5) is 3.23. The first-order valence-electron chi connectivity index (χ1n) is 5.48. The van der Waals surface area contributed by atoms with Crippen molar-refractivity contribution in [2.45, 2.75) is 39.2 Å². The highest BCUT2D eigenvalue weighted by molar-refractivity contribution is 5.34. The lowest BCUT2D eigenvalue weighted by Crippen LogP contribution is -2.13. The van der Waals surface area contributed by atoms with Crippen molar-refractivity contribution in [1.29, 1.82) is 0 Å². The highest BCUT2D eigenvalue weighted by Crippen LogP contribution is 2.26. The van der Waals surface area contributed by atoms with Crippen LogP contribution in [0.1, 0.15) is 43.6 Å². The van der Waals surface area contributed by atoms with Crippen LogP contribution in [-0.2, 0) is 5.41 Å². The Morgan fingerprint density at radius 3 is 2.44 bits per heavy atom. The summed E-state index contributed by atoms with van der Waals surface area (Å²) in [6, 6.07) is 6.09. The first-order valence-corrected chi connectivity index (χ1v) is 5.48. The van der Waals surface area contributed by atoms with Crippen molar-refractivity contribution in [2.75, 3.05) is 6.54 Å². The average Bonchev–Trinajstić information content (AvgIpc) is 2.16. The molecule has 1 aromatic carbocycles. The minimum atomic E-state index is -0.668. The summed E-state index contributed by atoms with van der Waals surface area (Å²) in [6.07, 6.45) is -0.668. The van der Waals surface area contributed by atoms with Gasteiger partial charge in [0.05, 0.1) is 0 Å². The number of nitrogens with zero attached hydrogens (tertiary/aromatic N) is 1. The van der Waals surface area contributed by atoms with Gasteiger partial charge in [0.25, 0.3) is 0 Å². The Morgan fingerprint density at radius 1 is 1.31 bits per heavy atom.